The lowest BCUT2D eigenvalue weighted by atomic mass is 10.0. The van der Waals surface area contributed by atoms with E-state index in [0.29, 0.717) is 0 Å². The van der Waals surface area contributed by atoms with Gasteiger partial charge in [0, 0.05) is 6.42 Å². The molecule has 1 saturated heterocycles. The Labute approximate surface area is 104 Å². The first kappa shape index (κ1) is 14.1. The number of hydrogen-bond acceptors (Lipinski definition) is 5. The van der Waals surface area contributed by atoms with Crippen molar-refractivity contribution in [3.05, 3.63) is 0 Å². The zero-order valence-electron chi connectivity index (χ0n) is 10.5. The Morgan fingerprint density at radius 2 is 2.00 bits per heavy atom. The first-order chi connectivity index (χ1) is 8.19. The minimum Gasteiger partial charge on any atom is -0.444 e. The summed E-state index contributed by atoms with van der Waals surface area (Å²) < 4.78 is 4.93. The third-order valence-corrected chi connectivity index (χ3v) is 2.16. The summed E-state index contributed by atoms with van der Waals surface area (Å²) in [4.78, 5) is 45.0. The molecule has 0 radical (unpaired) electrons. The Morgan fingerprint density at radius 1 is 1.39 bits per heavy atom. The zero-order valence-corrected chi connectivity index (χ0v) is 10.5. The molecule has 1 rings (SSSR count). The molecule has 0 saturated carbocycles. The highest BCUT2D eigenvalue weighted by Crippen LogP contribution is 2.11. The number of carbonyl (C=O) groups excluding carboxylic acids is 4. The van der Waals surface area contributed by atoms with Crippen molar-refractivity contribution in [2.75, 3.05) is 6.54 Å². The summed E-state index contributed by atoms with van der Waals surface area (Å²) in [6.07, 6.45) is -0.895. The number of alkyl carbamates (subject to hydrolysis) is 1. The van der Waals surface area contributed by atoms with Crippen molar-refractivity contribution in [2.45, 2.75) is 32.8 Å². The Bertz CT molecular complexity index is 397. The third kappa shape index (κ3) is 4.15. The van der Waals surface area contributed by atoms with Crippen LogP contribution in [0, 0.1) is 5.92 Å². The van der Waals surface area contributed by atoms with E-state index in [1.165, 1.54) is 0 Å². The molecule has 1 atom stereocenters. The van der Waals surface area contributed by atoms with Gasteiger partial charge < -0.3 is 10.1 Å². The molecule has 0 bridgehead atoms. The normalized spacial score (nSPS) is 19.4. The number of amides is 3. The molecule has 1 fully saturated rings. The van der Waals surface area contributed by atoms with E-state index in [9.17, 15) is 19.2 Å². The van der Waals surface area contributed by atoms with Crippen LogP contribution in [-0.2, 0) is 19.1 Å². The molecular formula is C11H16N2O5. The van der Waals surface area contributed by atoms with Gasteiger partial charge in [-0.3, -0.25) is 19.7 Å². The fourth-order valence-electron chi connectivity index (χ4n) is 1.41. The lowest BCUT2D eigenvalue weighted by Crippen LogP contribution is -2.38. The molecule has 7 nitrogen and oxygen atoms in total. The maximum Gasteiger partial charge on any atom is 0.408 e. The second kappa shape index (κ2) is 5.16. The van der Waals surface area contributed by atoms with Crippen LogP contribution in [0.4, 0.5) is 4.79 Å². The summed E-state index contributed by atoms with van der Waals surface area (Å²) in [7, 11) is 0. The van der Waals surface area contributed by atoms with Crippen LogP contribution < -0.4 is 10.6 Å². The molecule has 1 aliphatic rings. The minimum absolute atomic E-state index is 0.159. The Hall–Kier alpha value is -1.92. The standard InChI is InChI=1S/C11H16N2O5/c1-11(2,3)18-10(17)12-5-7(14)6-4-8(15)13-9(6)16/h6H,4-5H2,1-3H3,(H,12,17)(H,13,15,16). The van der Waals surface area contributed by atoms with Gasteiger partial charge in [0.05, 0.1) is 6.54 Å². The van der Waals surface area contributed by atoms with E-state index < -0.39 is 35.2 Å². The number of ketones is 1. The number of ether oxygens (including phenoxy) is 1. The molecule has 100 valence electrons. The quantitative estimate of drug-likeness (QED) is 0.535. The van der Waals surface area contributed by atoms with Gasteiger partial charge in [0.1, 0.15) is 11.5 Å². The number of rotatable bonds is 3. The molecule has 0 aromatic carbocycles. The van der Waals surface area contributed by atoms with E-state index in [1.807, 2.05) is 5.32 Å². The highest BCUT2D eigenvalue weighted by Gasteiger charge is 2.36. The molecule has 0 spiro atoms. The second-order valence-corrected chi connectivity index (χ2v) is 4.99. The molecular weight excluding hydrogens is 240 g/mol. The molecule has 2 N–H and O–H groups in total. The number of Topliss-reactive ketones (excluding diaryl/α,β-unsaturated/α-hetero) is 1. The first-order valence-corrected chi connectivity index (χ1v) is 5.52. The Balaban J connectivity index is 2.40. The van der Waals surface area contributed by atoms with Crippen molar-refractivity contribution in [2.24, 2.45) is 5.92 Å². The average molecular weight is 256 g/mol. The van der Waals surface area contributed by atoms with Crippen LogP contribution in [-0.4, -0.2) is 35.8 Å². The minimum atomic E-state index is -1.01. The lowest BCUT2D eigenvalue weighted by molar-refractivity contribution is -0.131. The fourth-order valence-corrected chi connectivity index (χ4v) is 1.41. The monoisotopic (exact) mass is 256 g/mol. The van der Waals surface area contributed by atoms with Gasteiger partial charge in [-0.1, -0.05) is 0 Å². The van der Waals surface area contributed by atoms with E-state index in [2.05, 4.69) is 5.32 Å². The maximum atomic E-state index is 11.6. The van der Waals surface area contributed by atoms with Crippen LogP contribution in [0.1, 0.15) is 27.2 Å². The van der Waals surface area contributed by atoms with Gasteiger partial charge in [-0.15, -0.1) is 0 Å². The average Bonchev–Trinajstić information content (AvgIpc) is 2.52. The smallest absolute Gasteiger partial charge is 0.408 e. The molecule has 0 aliphatic carbocycles. The summed E-state index contributed by atoms with van der Waals surface area (Å²) in [5.74, 6) is -2.61. The van der Waals surface area contributed by atoms with Gasteiger partial charge in [-0.05, 0) is 20.8 Å². The molecule has 1 aliphatic heterocycles. The molecule has 3 amide bonds. The highest BCUT2D eigenvalue weighted by molar-refractivity contribution is 6.14. The van der Waals surface area contributed by atoms with Crippen LogP contribution in [0.3, 0.4) is 0 Å². The number of nitrogens with one attached hydrogen (secondary N) is 2. The predicted molar refractivity (Wildman–Crippen MR) is 60.5 cm³/mol. The molecule has 7 heteroatoms. The molecule has 1 unspecified atom stereocenters. The maximum absolute atomic E-state index is 11.6. The van der Waals surface area contributed by atoms with Crippen LogP contribution >= 0.6 is 0 Å². The van der Waals surface area contributed by atoms with Crippen molar-refractivity contribution in [1.29, 1.82) is 0 Å². The van der Waals surface area contributed by atoms with Gasteiger partial charge in [0.25, 0.3) is 0 Å². The highest BCUT2D eigenvalue weighted by atomic mass is 16.6. The van der Waals surface area contributed by atoms with Gasteiger partial charge >= 0.3 is 6.09 Å². The van der Waals surface area contributed by atoms with Crippen LogP contribution in [0.5, 0.6) is 0 Å². The van der Waals surface area contributed by atoms with E-state index >= 15 is 0 Å². The summed E-state index contributed by atoms with van der Waals surface area (Å²) >= 11 is 0. The fraction of sp³-hybridized carbons (Fsp3) is 0.636. The summed E-state index contributed by atoms with van der Waals surface area (Å²) in [6.45, 7) is 4.74. The Morgan fingerprint density at radius 3 is 2.44 bits per heavy atom. The van der Waals surface area contributed by atoms with Gasteiger partial charge in [-0.25, -0.2) is 4.79 Å². The van der Waals surface area contributed by atoms with Gasteiger partial charge in [0.2, 0.25) is 11.8 Å². The number of carbonyl (C=O) groups is 4. The molecule has 18 heavy (non-hydrogen) atoms. The van der Waals surface area contributed by atoms with Crippen molar-refractivity contribution < 1.29 is 23.9 Å². The van der Waals surface area contributed by atoms with E-state index in [0.717, 1.165) is 0 Å². The van der Waals surface area contributed by atoms with Crippen LogP contribution in [0.15, 0.2) is 0 Å². The van der Waals surface area contributed by atoms with Crippen molar-refractivity contribution >= 4 is 23.7 Å². The molecule has 0 aromatic rings. The molecule has 1 heterocycles. The number of imide groups is 1. The SMILES string of the molecule is CC(C)(C)OC(=O)NCC(=O)C1CC(=O)NC1=O. The summed E-state index contributed by atoms with van der Waals surface area (Å²) in [6, 6.07) is 0. The van der Waals surface area contributed by atoms with E-state index in [4.69, 9.17) is 4.74 Å². The predicted octanol–water partition coefficient (Wildman–Crippen LogP) is -0.257. The van der Waals surface area contributed by atoms with Crippen molar-refractivity contribution in [1.82, 2.24) is 10.6 Å². The van der Waals surface area contributed by atoms with Crippen LogP contribution in [0.2, 0.25) is 0 Å². The topological polar surface area (TPSA) is 102 Å². The Kier molecular flexibility index (Phi) is 4.05. The van der Waals surface area contributed by atoms with E-state index in [-0.39, 0.29) is 13.0 Å². The summed E-state index contributed by atoms with van der Waals surface area (Å²) in [5, 5.41) is 4.28. The van der Waals surface area contributed by atoms with Crippen LogP contribution in [0.25, 0.3) is 0 Å². The summed E-state index contributed by atoms with van der Waals surface area (Å²) in [5.41, 5.74) is -0.659. The number of hydrogen-bond donors (Lipinski definition) is 2. The zero-order chi connectivity index (χ0) is 13.9. The largest absolute Gasteiger partial charge is 0.444 e. The van der Waals surface area contributed by atoms with E-state index in [1.54, 1.807) is 20.8 Å². The van der Waals surface area contributed by atoms with Gasteiger partial charge in [0.15, 0.2) is 5.78 Å². The molecule has 0 aromatic heterocycles. The van der Waals surface area contributed by atoms with Crippen molar-refractivity contribution in [3.8, 4) is 0 Å². The first-order valence-electron chi connectivity index (χ1n) is 5.52. The second-order valence-electron chi connectivity index (χ2n) is 4.99. The lowest BCUT2D eigenvalue weighted by Gasteiger charge is -2.19. The van der Waals surface area contributed by atoms with Crippen molar-refractivity contribution in [3.63, 3.8) is 0 Å². The third-order valence-electron chi connectivity index (χ3n) is 2.16. The van der Waals surface area contributed by atoms with Gasteiger partial charge in [-0.2, -0.15) is 0 Å².